The van der Waals surface area contributed by atoms with E-state index in [2.05, 4.69) is 16.8 Å². The van der Waals surface area contributed by atoms with Gasteiger partial charge in [-0.05, 0) is 30.2 Å². The van der Waals surface area contributed by atoms with Gasteiger partial charge in [0.1, 0.15) is 0 Å². The minimum absolute atomic E-state index is 0.281. The SMILES string of the molecule is C=CC[C@H](c1cc(Cl)ccc1N)N1CCNCC1. The molecule has 1 aromatic rings. The van der Waals surface area contributed by atoms with Gasteiger partial charge in [-0.1, -0.05) is 17.7 Å². The van der Waals surface area contributed by atoms with Gasteiger partial charge in [-0.3, -0.25) is 4.90 Å². The lowest BCUT2D eigenvalue weighted by Crippen LogP contribution is -2.45. The molecule has 2 rings (SSSR count). The first kappa shape index (κ1) is 13.4. The molecule has 4 heteroatoms. The summed E-state index contributed by atoms with van der Waals surface area (Å²) in [4.78, 5) is 2.44. The third kappa shape index (κ3) is 3.05. The van der Waals surface area contributed by atoms with Crippen LogP contribution in [0.15, 0.2) is 30.9 Å². The highest BCUT2D eigenvalue weighted by molar-refractivity contribution is 6.30. The van der Waals surface area contributed by atoms with E-state index in [1.54, 1.807) is 0 Å². The van der Waals surface area contributed by atoms with Gasteiger partial charge in [0.2, 0.25) is 0 Å². The molecule has 0 spiro atoms. The summed E-state index contributed by atoms with van der Waals surface area (Å²) in [5.41, 5.74) is 8.02. The van der Waals surface area contributed by atoms with E-state index >= 15 is 0 Å². The molecule has 18 heavy (non-hydrogen) atoms. The Bertz CT molecular complexity index is 414. The fourth-order valence-electron chi connectivity index (χ4n) is 2.46. The molecule has 1 aliphatic rings. The number of anilines is 1. The second-order valence-electron chi connectivity index (χ2n) is 4.60. The molecular formula is C14H20ClN3. The number of nitrogens with zero attached hydrogens (tertiary/aromatic N) is 1. The minimum atomic E-state index is 0.281. The molecule has 3 nitrogen and oxygen atoms in total. The van der Waals surface area contributed by atoms with E-state index in [4.69, 9.17) is 17.3 Å². The molecule has 0 bridgehead atoms. The molecule has 1 heterocycles. The molecule has 1 fully saturated rings. The predicted molar refractivity (Wildman–Crippen MR) is 77.9 cm³/mol. The zero-order valence-corrected chi connectivity index (χ0v) is 11.3. The van der Waals surface area contributed by atoms with Gasteiger partial charge in [0.25, 0.3) is 0 Å². The summed E-state index contributed by atoms with van der Waals surface area (Å²) in [6.07, 6.45) is 2.84. The maximum absolute atomic E-state index is 6.09. The van der Waals surface area contributed by atoms with Crippen molar-refractivity contribution in [3.63, 3.8) is 0 Å². The summed E-state index contributed by atoms with van der Waals surface area (Å²) in [6, 6.07) is 5.98. The quantitative estimate of drug-likeness (QED) is 0.649. The van der Waals surface area contributed by atoms with Crippen molar-refractivity contribution >= 4 is 17.3 Å². The van der Waals surface area contributed by atoms with Crippen LogP contribution >= 0.6 is 11.6 Å². The number of nitrogens with two attached hydrogens (primary N) is 1. The van der Waals surface area contributed by atoms with Crippen LogP contribution in [0.5, 0.6) is 0 Å². The molecule has 0 aromatic heterocycles. The van der Waals surface area contributed by atoms with Crippen LogP contribution in [0.1, 0.15) is 18.0 Å². The Kier molecular flexibility index (Phi) is 4.64. The van der Waals surface area contributed by atoms with Crippen molar-refractivity contribution < 1.29 is 0 Å². The number of nitrogens with one attached hydrogen (secondary N) is 1. The van der Waals surface area contributed by atoms with E-state index in [9.17, 15) is 0 Å². The Morgan fingerprint density at radius 1 is 1.44 bits per heavy atom. The average Bonchev–Trinajstić information content (AvgIpc) is 2.40. The van der Waals surface area contributed by atoms with E-state index in [0.717, 1.165) is 48.9 Å². The lowest BCUT2D eigenvalue weighted by Gasteiger charge is -2.35. The summed E-state index contributed by atoms with van der Waals surface area (Å²) in [6.45, 7) is 7.97. The van der Waals surface area contributed by atoms with Crippen LogP contribution in [0.2, 0.25) is 5.02 Å². The highest BCUT2D eigenvalue weighted by atomic mass is 35.5. The molecule has 98 valence electrons. The second-order valence-corrected chi connectivity index (χ2v) is 5.04. The summed E-state index contributed by atoms with van der Waals surface area (Å²) < 4.78 is 0. The Labute approximate surface area is 114 Å². The van der Waals surface area contributed by atoms with Gasteiger partial charge in [0, 0.05) is 42.9 Å². The van der Waals surface area contributed by atoms with Crippen molar-refractivity contribution in [2.24, 2.45) is 0 Å². The average molecular weight is 266 g/mol. The van der Waals surface area contributed by atoms with Crippen LogP contribution in [0, 0.1) is 0 Å². The van der Waals surface area contributed by atoms with Gasteiger partial charge < -0.3 is 11.1 Å². The molecule has 0 amide bonds. The topological polar surface area (TPSA) is 41.3 Å². The maximum Gasteiger partial charge on any atom is 0.0410 e. The van der Waals surface area contributed by atoms with Crippen LogP contribution in [0.4, 0.5) is 5.69 Å². The Balaban J connectivity index is 2.27. The zero-order chi connectivity index (χ0) is 13.0. The number of hydrogen-bond donors (Lipinski definition) is 2. The van der Waals surface area contributed by atoms with Gasteiger partial charge in [-0.25, -0.2) is 0 Å². The summed E-state index contributed by atoms with van der Waals surface area (Å²) in [5, 5.41) is 4.10. The molecule has 0 unspecified atom stereocenters. The fourth-order valence-corrected chi connectivity index (χ4v) is 2.64. The van der Waals surface area contributed by atoms with Crippen LogP contribution in [-0.2, 0) is 0 Å². The number of benzene rings is 1. The molecular weight excluding hydrogens is 246 g/mol. The zero-order valence-electron chi connectivity index (χ0n) is 10.5. The van der Waals surface area contributed by atoms with Crippen LogP contribution < -0.4 is 11.1 Å². The monoisotopic (exact) mass is 265 g/mol. The normalized spacial score (nSPS) is 18.5. The highest BCUT2D eigenvalue weighted by Crippen LogP contribution is 2.31. The molecule has 1 aromatic carbocycles. The standard InChI is InChI=1S/C14H20ClN3/c1-2-3-14(18-8-6-17-7-9-18)12-10-11(15)4-5-13(12)16/h2,4-5,10,14,17H,1,3,6-9,16H2/t14-/m1/s1. The number of halogens is 1. The Morgan fingerprint density at radius 3 is 2.83 bits per heavy atom. The largest absolute Gasteiger partial charge is 0.398 e. The molecule has 0 aliphatic carbocycles. The van der Waals surface area contributed by atoms with Crippen LogP contribution in [-0.4, -0.2) is 31.1 Å². The van der Waals surface area contributed by atoms with E-state index in [-0.39, 0.29) is 6.04 Å². The van der Waals surface area contributed by atoms with Crippen LogP contribution in [0.25, 0.3) is 0 Å². The smallest absolute Gasteiger partial charge is 0.0410 e. The summed E-state index contributed by atoms with van der Waals surface area (Å²) >= 11 is 6.09. The third-order valence-corrected chi connectivity index (χ3v) is 3.63. The number of hydrogen-bond acceptors (Lipinski definition) is 3. The predicted octanol–water partition coefficient (Wildman–Crippen LogP) is 2.44. The number of piperazine rings is 1. The van der Waals surface area contributed by atoms with Gasteiger partial charge in [0.15, 0.2) is 0 Å². The first-order chi connectivity index (χ1) is 8.72. The van der Waals surface area contributed by atoms with E-state index in [0.29, 0.717) is 0 Å². The second kappa shape index (κ2) is 6.23. The maximum atomic E-state index is 6.09. The van der Waals surface area contributed by atoms with Crippen molar-refractivity contribution in [3.8, 4) is 0 Å². The Hall–Kier alpha value is -1.03. The van der Waals surface area contributed by atoms with Crippen molar-refractivity contribution in [2.45, 2.75) is 12.5 Å². The summed E-state index contributed by atoms with van der Waals surface area (Å²) in [7, 11) is 0. The van der Waals surface area contributed by atoms with Gasteiger partial charge in [-0.15, -0.1) is 6.58 Å². The molecule has 3 N–H and O–H groups in total. The first-order valence-corrected chi connectivity index (χ1v) is 6.70. The van der Waals surface area contributed by atoms with Crippen molar-refractivity contribution in [3.05, 3.63) is 41.4 Å². The number of rotatable bonds is 4. The lowest BCUT2D eigenvalue weighted by molar-refractivity contribution is 0.175. The van der Waals surface area contributed by atoms with Crippen LogP contribution in [0.3, 0.4) is 0 Å². The van der Waals surface area contributed by atoms with Gasteiger partial charge in [0.05, 0.1) is 0 Å². The minimum Gasteiger partial charge on any atom is -0.398 e. The third-order valence-electron chi connectivity index (χ3n) is 3.39. The van der Waals surface area contributed by atoms with Gasteiger partial charge in [-0.2, -0.15) is 0 Å². The highest BCUT2D eigenvalue weighted by Gasteiger charge is 2.22. The van der Waals surface area contributed by atoms with E-state index < -0.39 is 0 Å². The van der Waals surface area contributed by atoms with Crippen molar-refractivity contribution in [2.75, 3.05) is 31.9 Å². The first-order valence-electron chi connectivity index (χ1n) is 6.33. The van der Waals surface area contributed by atoms with Crippen molar-refractivity contribution in [1.82, 2.24) is 10.2 Å². The van der Waals surface area contributed by atoms with E-state index in [1.807, 2.05) is 24.3 Å². The summed E-state index contributed by atoms with van der Waals surface area (Å²) in [5.74, 6) is 0. The molecule has 0 saturated carbocycles. The lowest BCUT2D eigenvalue weighted by atomic mass is 9.99. The molecule has 1 atom stereocenters. The Morgan fingerprint density at radius 2 is 2.17 bits per heavy atom. The number of nitrogen functional groups attached to an aromatic ring is 1. The fraction of sp³-hybridized carbons (Fsp3) is 0.429. The molecule has 1 saturated heterocycles. The van der Waals surface area contributed by atoms with Gasteiger partial charge >= 0.3 is 0 Å². The molecule has 0 radical (unpaired) electrons. The van der Waals surface area contributed by atoms with E-state index in [1.165, 1.54) is 0 Å². The van der Waals surface area contributed by atoms with Crippen molar-refractivity contribution in [1.29, 1.82) is 0 Å². The molecule has 1 aliphatic heterocycles.